The molecule has 4 heteroatoms. The Kier molecular flexibility index (Phi) is 3.37. The monoisotopic (exact) mass is 267 g/mol. The minimum Gasteiger partial charge on any atom is -0.333 e. The third kappa shape index (κ3) is 2.50. The van der Waals surface area contributed by atoms with E-state index in [2.05, 4.69) is 33.1 Å². The Morgan fingerprint density at radius 2 is 2.35 bits per heavy atom. The lowest BCUT2D eigenvalue weighted by Gasteiger charge is -2.18. The predicted molar refractivity (Wildman–Crippen MR) is 79.3 cm³/mol. The number of rotatable bonds is 3. The van der Waals surface area contributed by atoms with Gasteiger partial charge in [0.05, 0.1) is 6.33 Å². The van der Waals surface area contributed by atoms with Crippen molar-refractivity contribution in [3.63, 3.8) is 0 Å². The van der Waals surface area contributed by atoms with Crippen molar-refractivity contribution in [2.24, 2.45) is 0 Å². The summed E-state index contributed by atoms with van der Waals surface area (Å²) in [6, 6.07) is 6.25. The van der Waals surface area contributed by atoms with Crippen LogP contribution in [0, 0.1) is 0 Å². The predicted octanol–water partition coefficient (Wildman–Crippen LogP) is 2.87. The first-order chi connectivity index (χ1) is 9.76. The number of hydrogen-bond donors (Lipinski definition) is 1. The molecule has 0 saturated heterocycles. The van der Waals surface area contributed by atoms with E-state index in [1.54, 1.807) is 6.20 Å². The highest BCUT2D eigenvalue weighted by Crippen LogP contribution is 2.27. The van der Waals surface area contributed by atoms with E-state index in [-0.39, 0.29) is 5.91 Å². The average Bonchev–Trinajstić information content (AvgIpc) is 2.97. The molecule has 0 unspecified atom stereocenters. The van der Waals surface area contributed by atoms with Crippen molar-refractivity contribution in [2.45, 2.75) is 26.3 Å². The van der Waals surface area contributed by atoms with Gasteiger partial charge in [0, 0.05) is 31.0 Å². The van der Waals surface area contributed by atoms with Crippen molar-refractivity contribution in [3.8, 4) is 0 Å². The Hall–Kier alpha value is -2.36. The van der Waals surface area contributed by atoms with E-state index < -0.39 is 0 Å². The van der Waals surface area contributed by atoms with Crippen LogP contribution in [0.4, 0.5) is 5.69 Å². The van der Waals surface area contributed by atoms with E-state index in [0.29, 0.717) is 6.42 Å². The SMILES string of the molecule is C/C=C(/Cn1ccnc1)c1ccc2c(c1)CCC(=O)N2. The van der Waals surface area contributed by atoms with E-state index in [1.165, 1.54) is 16.7 Å². The van der Waals surface area contributed by atoms with E-state index in [0.717, 1.165) is 18.7 Å². The standard InChI is InChI=1S/C16H17N3O/c1-2-12(10-19-8-7-17-11-19)13-3-5-15-14(9-13)4-6-16(20)18-15/h2-3,5,7-9,11H,4,6,10H2,1H3,(H,18,20)/b12-2-. The molecule has 1 aromatic carbocycles. The summed E-state index contributed by atoms with van der Waals surface area (Å²) in [6.07, 6.45) is 9.09. The zero-order valence-corrected chi connectivity index (χ0v) is 11.5. The summed E-state index contributed by atoms with van der Waals surface area (Å²) in [5, 5.41) is 2.92. The van der Waals surface area contributed by atoms with Gasteiger partial charge in [0.15, 0.2) is 0 Å². The zero-order chi connectivity index (χ0) is 13.9. The number of aromatic nitrogens is 2. The molecule has 1 aromatic heterocycles. The lowest BCUT2D eigenvalue weighted by molar-refractivity contribution is -0.116. The van der Waals surface area contributed by atoms with Gasteiger partial charge in [-0.2, -0.15) is 0 Å². The second-order valence-electron chi connectivity index (χ2n) is 4.97. The molecular formula is C16H17N3O. The molecule has 1 amide bonds. The van der Waals surface area contributed by atoms with Gasteiger partial charge in [0.25, 0.3) is 0 Å². The number of nitrogens with zero attached hydrogens (tertiary/aromatic N) is 2. The quantitative estimate of drug-likeness (QED) is 0.929. The average molecular weight is 267 g/mol. The summed E-state index contributed by atoms with van der Waals surface area (Å²) in [4.78, 5) is 15.4. The van der Waals surface area contributed by atoms with Gasteiger partial charge < -0.3 is 9.88 Å². The third-order valence-corrected chi connectivity index (χ3v) is 3.63. The summed E-state index contributed by atoms with van der Waals surface area (Å²) < 4.78 is 2.05. The van der Waals surface area contributed by atoms with Crippen LogP contribution in [0.3, 0.4) is 0 Å². The first-order valence-electron chi connectivity index (χ1n) is 6.80. The molecule has 0 saturated carbocycles. The summed E-state index contributed by atoms with van der Waals surface area (Å²) in [7, 11) is 0. The number of nitrogens with one attached hydrogen (secondary N) is 1. The van der Waals surface area contributed by atoms with Crippen LogP contribution in [-0.4, -0.2) is 15.5 Å². The molecule has 1 N–H and O–H groups in total. The summed E-state index contributed by atoms with van der Waals surface area (Å²) in [5.41, 5.74) is 4.62. The second kappa shape index (κ2) is 5.33. The molecule has 0 atom stereocenters. The minimum atomic E-state index is 0.106. The van der Waals surface area contributed by atoms with Crippen molar-refractivity contribution < 1.29 is 4.79 Å². The van der Waals surface area contributed by atoms with Crippen LogP contribution in [0.2, 0.25) is 0 Å². The number of benzene rings is 1. The van der Waals surface area contributed by atoms with Crippen LogP contribution in [0.25, 0.3) is 5.57 Å². The van der Waals surface area contributed by atoms with E-state index in [1.807, 2.05) is 25.5 Å². The number of anilines is 1. The Labute approximate surface area is 118 Å². The molecule has 1 aliphatic rings. The molecule has 2 heterocycles. The summed E-state index contributed by atoms with van der Waals surface area (Å²) in [5.74, 6) is 0.106. The van der Waals surface area contributed by atoms with Crippen LogP contribution in [-0.2, 0) is 17.8 Å². The van der Waals surface area contributed by atoms with Crippen LogP contribution >= 0.6 is 0 Å². The van der Waals surface area contributed by atoms with Crippen LogP contribution < -0.4 is 5.32 Å². The molecule has 2 aromatic rings. The van der Waals surface area contributed by atoms with Gasteiger partial charge in [-0.05, 0) is 42.2 Å². The van der Waals surface area contributed by atoms with Crippen molar-refractivity contribution in [1.29, 1.82) is 0 Å². The number of allylic oxidation sites excluding steroid dienone is 2. The van der Waals surface area contributed by atoms with Gasteiger partial charge in [0.1, 0.15) is 0 Å². The van der Waals surface area contributed by atoms with Crippen LogP contribution in [0.1, 0.15) is 24.5 Å². The first-order valence-corrected chi connectivity index (χ1v) is 6.80. The zero-order valence-electron chi connectivity index (χ0n) is 11.5. The van der Waals surface area contributed by atoms with Crippen molar-refractivity contribution in [1.82, 2.24) is 9.55 Å². The molecule has 102 valence electrons. The van der Waals surface area contributed by atoms with Crippen molar-refractivity contribution >= 4 is 17.2 Å². The fraction of sp³-hybridized carbons (Fsp3) is 0.250. The molecule has 0 aliphatic carbocycles. The van der Waals surface area contributed by atoms with Crippen molar-refractivity contribution in [2.75, 3.05) is 5.32 Å². The van der Waals surface area contributed by atoms with E-state index >= 15 is 0 Å². The van der Waals surface area contributed by atoms with Gasteiger partial charge >= 0.3 is 0 Å². The third-order valence-electron chi connectivity index (χ3n) is 3.63. The smallest absolute Gasteiger partial charge is 0.224 e. The highest BCUT2D eigenvalue weighted by Gasteiger charge is 2.15. The van der Waals surface area contributed by atoms with Crippen LogP contribution in [0.5, 0.6) is 0 Å². The van der Waals surface area contributed by atoms with Crippen LogP contribution in [0.15, 0.2) is 43.0 Å². The molecule has 3 rings (SSSR count). The Balaban J connectivity index is 1.88. The molecule has 0 radical (unpaired) electrons. The molecule has 4 nitrogen and oxygen atoms in total. The van der Waals surface area contributed by atoms with E-state index in [9.17, 15) is 4.79 Å². The number of aryl methyl sites for hydroxylation is 1. The largest absolute Gasteiger partial charge is 0.333 e. The summed E-state index contributed by atoms with van der Waals surface area (Å²) >= 11 is 0. The Morgan fingerprint density at radius 3 is 3.10 bits per heavy atom. The van der Waals surface area contributed by atoms with E-state index in [4.69, 9.17) is 0 Å². The lowest BCUT2D eigenvalue weighted by Crippen LogP contribution is -2.19. The first kappa shape index (κ1) is 12.7. The number of amides is 1. The van der Waals surface area contributed by atoms with Gasteiger partial charge in [-0.1, -0.05) is 12.1 Å². The fourth-order valence-electron chi connectivity index (χ4n) is 2.51. The Morgan fingerprint density at radius 1 is 1.45 bits per heavy atom. The van der Waals surface area contributed by atoms with Gasteiger partial charge in [-0.25, -0.2) is 4.98 Å². The van der Waals surface area contributed by atoms with Gasteiger partial charge in [-0.15, -0.1) is 0 Å². The Bertz CT molecular complexity index is 656. The normalized spacial score (nSPS) is 14.8. The molecule has 20 heavy (non-hydrogen) atoms. The maximum Gasteiger partial charge on any atom is 0.224 e. The fourth-order valence-corrected chi connectivity index (χ4v) is 2.51. The molecule has 1 aliphatic heterocycles. The van der Waals surface area contributed by atoms with Gasteiger partial charge in [0.2, 0.25) is 5.91 Å². The van der Waals surface area contributed by atoms with Gasteiger partial charge in [-0.3, -0.25) is 4.79 Å². The molecule has 0 spiro atoms. The topological polar surface area (TPSA) is 46.9 Å². The highest BCUT2D eigenvalue weighted by molar-refractivity contribution is 5.94. The molecular weight excluding hydrogens is 250 g/mol. The maximum absolute atomic E-state index is 11.4. The van der Waals surface area contributed by atoms with Crippen molar-refractivity contribution in [3.05, 3.63) is 54.1 Å². The summed E-state index contributed by atoms with van der Waals surface area (Å²) in [6.45, 7) is 2.86. The molecule has 0 fully saturated rings. The molecule has 0 bridgehead atoms. The number of imidazole rings is 1. The number of hydrogen-bond acceptors (Lipinski definition) is 2. The second-order valence-corrected chi connectivity index (χ2v) is 4.97. The number of carbonyl (C=O) groups excluding carboxylic acids is 1. The lowest BCUT2D eigenvalue weighted by atomic mass is 9.97. The minimum absolute atomic E-state index is 0.106. The maximum atomic E-state index is 11.4. The number of fused-ring (bicyclic) bond motifs is 1. The highest BCUT2D eigenvalue weighted by atomic mass is 16.1. The number of carbonyl (C=O) groups is 1.